The van der Waals surface area contributed by atoms with Crippen molar-refractivity contribution in [3.05, 3.63) is 35.8 Å². The molecule has 4 heterocycles. The summed E-state index contributed by atoms with van der Waals surface area (Å²) in [7, 11) is 0. The highest BCUT2D eigenvalue weighted by Gasteiger charge is 2.37. The summed E-state index contributed by atoms with van der Waals surface area (Å²) < 4.78 is 0. The molecule has 0 aromatic carbocycles. The van der Waals surface area contributed by atoms with Crippen LogP contribution < -0.4 is 10.6 Å². The van der Waals surface area contributed by atoms with Crippen LogP contribution in [0.3, 0.4) is 0 Å². The third kappa shape index (κ3) is 2.17. The van der Waals surface area contributed by atoms with Crippen molar-refractivity contribution in [2.45, 2.75) is 31.7 Å². The average Bonchev–Trinajstić information content (AvgIpc) is 2.95. The fourth-order valence-corrected chi connectivity index (χ4v) is 3.36. The van der Waals surface area contributed by atoms with E-state index in [1.165, 1.54) is 12.0 Å². The van der Waals surface area contributed by atoms with Crippen LogP contribution in [-0.4, -0.2) is 33.6 Å². The molecule has 2 aliphatic rings. The van der Waals surface area contributed by atoms with E-state index in [9.17, 15) is 0 Å². The number of pyridine rings is 1. The maximum Gasteiger partial charge on any atom is 0.160 e. The van der Waals surface area contributed by atoms with Crippen molar-refractivity contribution in [2.75, 3.05) is 18.4 Å². The Hall–Kier alpha value is -2.01. The second-order valence-corrected chi connectivity index (χ2v) is 6.03. The maximum absolute atomic E-state index is 4.79. The molecule has 0 aliphatic carbocycles. The first-order valence-corrected chi connectivity index (χ1v) is 7.53. The quantitative estimate of drug-likeness (QED) is 0.836. The highest BCUT2D eigenvalue weighted by atomic mass is 15.1. The second-order valence-electron chi connectivity index (χ2n) is 6.03. The van der Waals surface area contributed by atoms with E-state index in [2.05, 4.69) is 26.7 Å². The number of rotatable bonds is 1. The highest BCUT2D eigenvalue weighted by molar-refractivity contribution is 5.64. The lowest BCUT2D eigenvalue weighted by Crippen LogP contribution is -2.44. The summed E-state index contributed by atoms with van der Waals surface area (Å²) in [6, 6.07) is 4.04. The van der Waals surface area contributed by atoms with Gasteiger partial charge in [-0.2, -0.15) is 0 Å². The smallest absolute Gasteiger partial charge is 0.160 e. The lowest BCUT2D eigenvalue weighted by molar-refractivity contribution is 0.454. The summed E-state index contributed by atoms with van der Waals surface area (Å²) in [5.74, 6) is 1.80. The minimum atomic E-state index is 0.206. The van der Waals surface area contributed by atoms with Crippen molar-refractivity contribution in [3.63, 3.8) is 0 Å². The summed E-state index contributed by atoms with van der Waals surface area (Å²) in [5.41, 5.74) is 3.50. The van der Waals surface area contributed by atoms with Crippen LogP contribution in [0.15, 0.2) is 24.5 Å². The molecule has 5 heteroatoms. The Morgan fingerprint density at radius 2 is 2.05 bits per heavy atom. The van der Waals surface area contributed by atoms with Crippen LogP contribution in [0.1, 0.15) is 24.1 Å². The summed E-state index contributed by atoms with van der Waals surface area (Å²) in [6.07, 6.45) is 6.96. The molecule has 5 nitrogen and oxygen atoms in total. The number of aryl methyl sites for hydroxylation is 2. The van der Waals surface area contributed by atoms with E-state index in [0.717, 1.165) is 48.8 Å². The van der Waals surface area contributed by atoms with Gasteiger partial charge in [0.15, 0.2) is 5.82 Å². The lowest BCUT2D eigenvalue weighted by Gasteiger charge is -2.35. The molecule has 0 amide bonds. The highest BCUT2D eigenvalue weighted by Crippen LogP contribution is 2.35. The van der Waals surface area contributed by atoms with Gasteiger partial charge in [0.1, 0.15) is 5.82 Å². The van der Waals surface area contributed by atoms with Gasteiger partial charge in [0.05, 0.1) is 11.2 Å². The van der Waals surface area contributed by atoms with E-state index >= 15 is 0 Å². The predicted molar refractivity (Wildman–Crippen MR) is 82.2 cm³/mol. The first-order valence-electron chi connectivity index (χ1n) is 7.53. The Kier molecular flexibility index (Phi) is 2.89. The number of anilines is 1. The Labute approximate surface area is 124 Å². The summed E-state index contributed by atoms with van der Waals surface area (Å²) in [4.78, 5) is 13.5. The number of nitrogens with one attached hydrogen (secondary N) is 2. The van der Waals surface area contributed by atoms with Crippen LogP contribution in [0.4, 0.5) is 5.82 Å². The Morgan fingerprint density at radius 1 is 1.19 bits per heavy atom. The SMILES string of the molecule is Cc1nc2c(cc1-c1ncccn1)CC[C@@]1(CCNC1)N2. The Morgan fingerprint density at radius 3 is 2.81 bits per heavy atom. The van der Waals surface area contributed by atoms with Crippen molar-refractivity contribution < 1.29 is 0 Å². The zero-order valence-corrected chi connectivity index (χ0v) is 12.2. The first kappa shape index (κ1) is 12.7. The van der Waals surface area contributed by atoms with E-state index in [1.54, 1.807) is 12.4 Å². The molecule has 2 aromatic rings. The number of hydrogen-bond donors (Lipinski definition) is 2. The number of fused-ring (bicyclic) bond motifs is 1. The molecule has 0 saturated carbocycles. The van der Waals surface area contributed by atoms with Crippen molar-refractivity contribution in [3.8, 4) is 11.4 Å². The monoisotopic (exact) mass is 281 g/mol. The normalized spacial score (nSPS) is 23.9. The van der Waals surface area contributed by atoms with Gasteiger partial charge in [0.25, 0.3) is 0 Å². The number of hydrogen-bond acceptors (Lipinski definition) is 5. The van der Waals surface area contributed by atoms with Gasteiger partial charge in [-0.15, -0.1) is 0 Å². The molecule has 0 bridgehead atoms. The molecule has 108 valence electrons. The molecule has 21 heavy (non-hydrogen) atoms. The van der Waals surface area contributed by atoms with Crippen LogP contribution in [0.25, 0.3) is 11.4 Å². The molecule has 2 aliphatic heterocycles. The third-order valence-corrected chi connectivity index (χ3v) is 4.60. The molecule has 1 fully saturated rings. The van der Waals surface area contributed by atoms with Crippen molar-refractivity contribution in [2.24, 2.45) is 0 Å². The van der Waals surface area contributed by atoms with Gasteiger partial charge in [-0.05, 0) is 50.4 Å². The largest absolute Gasteiger partial charge is 0.363 e. The molecule has 4 rings (SSSR count). The molecule has 2 N–H and O–H groups in total. The number of aromatic nitrogens is 3. The lowest BCUT2D eigenvalue weighted by atomic mass is 9.86. The fraction of sp³-hybridized carbons (Fsp3) is 0.438. The average molecular weight is 281 g/mol. The van der Waals surface area contributed by atoms with E-state index < -0.39 is 0 Å². The summed E-state index contributed by atoms with van der Waals surface area (Å²) >= 11 is 0. The number of nitrogens with zero attached hydrogens (tertiary/aromatic N) is 3. The van der Waals surface area contributed by atoms with Gasteiger partial charge in [0.2, 0.25) is 0 Å². The van der Waals surface area contributed by atoms with Crippen LogP contribution in [0.2, 0.25) is 0 Å². The molecule has 0 unspecified atom stereocenters. The Bertz CT molecular complexity index is 662. The fourth-order valence-electron chi connectivity index (χ4n) is 3.36. The maximum atomic E-state index is 4.79. The molecule has 1 saturated heterocycles. The molecular weight excluding hydrogens is 262 g/mol. The summed E-state index contributed by atoms with van der Waals surface area (Å²) in [6.45, 7) is 4.16. The van der Waals surface area contributed by atoms with Crippen LogP contribution >= 0.6 is 0 Å². The molecular formula is C16H19N5. The Balaban J connectivity index is 1.73. The van der Waals surface area contributed by atoms with Crippen LogP contribution in [0.5, 0.6) is 0 Å². The standard InChI is InChI=1S/C16H19N5/c1-11-13(15-18-6-2-7-19-15)9-12-3-4-16(5-8-17-10-16)21-14(12)20-11/h2,6-7,9,17H,3-5,8,10H2,1H3,(H,20,21)/t16-/m0/s1. The zero-order chi connectivity index (χ0) is 14.3. The van der Waals surface area contributed by atoms with E-state index in [-0.39, 0.29) is 5.54 Å². The zero-order valence-electron chi connectivity index (χ0n) is 12.2. The van der Waals surface area contributed by atoms with Crippen molar-refractivity contribution in [1.82, 2.24) is 20.3 Å². The van der Waals surface area contributed by atoms with Crippen molar-refractivity contribution in [1.29, 1.82) is 0 Å². The van der Waals surface area contributed by atoms with Crippen molar-refractivity contribution >= 4 is 5.82 Å². The van der Waals surface area contributed by atoms with E-state index in [1.807, 2.05) is 13.0 Å². The van der Waals surface area contributed by atoms with Gasteiger partial charge in [-0.3, -0.25) is 0 Å². The topological polar surface area (TPSA) is 62.7 Å². The third-order valence-electron chi connectivity index (χ3n) is 4.60. The summed E-state index contributed by atoms with van der Waals surface area (Å²) in [5, 5.41) is 7.13. The second kappa shape index (κ2) is 4.77. The molecule has 1 spiro atoms. The molecule has 2 aromatic heterocycles. The van der Waals surface area contributed by atoms with Gasteiger partial charge in [0, 0.05) is 24.5 Å². The van der Waals surface area contributed by atoms with Crippen LogP contribution in [-0.2, 0) is 6.42 Å². The van der Waals surface area contributed by atoms with E-state index in [4.69, 9.17) is 4.98 Å². The van der Waals surface area contributed by atoms with Gasteiger partial charge in [-0.25, -0.2) is 15.0 Å². The molecule has 1 atom stereocenters. The predicted octanol–water partition coefficient (Wildman–Crippen LogP) is 1.94. The van der Waals surface area contributed by atoms with Gasteiger partial charge in [-0.1, -0.05) is 0 Å². The first-order chi connectivity index (χ1) is 10.3. The van der Waals surface area contributed by atoms with E-state index in [0.29, 0.717) is 0 Å². The minimum absolute atomic E-state index is 0.206. The molecule has 0 radical (unpaired) electrons. The van der Waals surface area contributed by atoms with Gasteiger partial charge >= 0.3 is 0 Å². The van der Waals surface area contributed by atoms with Crippen LogP contribution in [0, 0.1) is 6.92 Å². The minimum Gasteiger partial charge on any atom is -0.363 e. The van der Waals surface area contributed by atoms with Gasteiger partial charge < -0.3 is 10.6 Å².